The standard InChI is InChI=1S/C24H29N3O2S/c1-16-7-9-18(10-8-16)14-27-21-13-19(11-12-22(21)30-15-23(27)28)25-24(29)26-20-6-4-3-5-17(20)2/h7-13,17,20H,3-6,14-15H2,1-2H3,(H2,25,26,29)/t17-,20+/m1/s1. The number of amides is 3. The summed E-state index contributed by atoms with van der Waals surface area (Å²) in [5.41, 5.74) is 3.86. The number of hydrogen-bond donors (Lipinski definition) is 2. The lowest BCUT2D eigenvalue weighted by Gasteiger charge is -2.30. The van der Waals surface area contributed by atoms with Crippen molar-refractivity contribution >= 4 is 35.1 Å². The average Bonchev–Trinajstić information content (AvgIpc) is 2.73. The van der Waals surface area contributed by atoms with Gasteiger partial charge in [0.25, 0.3) is 0 Å². The molecule has 158 valence electrons. The van der Waals surface area contributed by atoms with E-state index in [1.807, 2.05) is 23.1 Å². The van der Waals surface area contributed by atoms with Crippen LogP contribution in [-0.2, 0) is 11.3 Å². The number of anilines is 2. The van der Waals surface area contributed by atoms with Gasteiger partial charge in [-0.3, -0.25) is 4.79 Å². The van der Waals surface area contributed by atoms with Crippen LogP contribution in [0.4, 0.5) is 16.2 Å². The molecule has 6 heteroatoms. The fourth-order valence-corrected chi connectivity index (χ4v) is 5.11. The van der Waals surface area contributed by atoms with Gasteiger partial charge in [0, 0.05) is 16.6 Å². The minimum absolute atomic E-state index is 0.0886. The Morgan fingerprint density at radius 1 is 1.13 bits per heavy atom. The molecule has 1 fully saturated rings. The maximum atomic E-state index is 12.7. The van der Waals surface area contributed by atoms with Gasteiger partial charge in [-0.15, -0.1) is 11.8 Å². The van der Waals surface area contributed by atoms with Crippen LogP contribution in [0, 0.1) is 12.8 Å². The number of carbonyl (C=O) groups excluding carboxylic acids is 2. The minimum atomic E-state index is -0.173. The summed E-state index contributed by atoms with van der Waals surface area (Å²) in [4.78, 5) is 28.1. The molecule has 2 aromatic carbocycles. The van der Waals surface area contributed by atoms with E-state index in [4.69, 9.17) is 0 Å². The van der Waals surface area contributed by atoms with Crippen molar-refractivity contribution in [3.05, 3.63) is 53.6 Å². The Kier molecular flexibility index (Phi) is 6.32. The van der Waals surface area contributed by atoms with Gasteiger partial charge < -0.3 is 15.5 Å². The Morgan fingerprint density at radius 2 is 1.90 bits per heavy atom. The third kappa shape index (κ3) is 4.81. The van der Waals surface area contributed by atoms with Gasteiger partial charge >= 0.3 is 6.03 Å². The van der Waals surface area contributed by atoms with E-state index in [1.54, 1.807) is 11.8 Å². The highest BCUT2D eigenvalue weighted by Crippen LogP contribution is 2.38. The highest BCUT2D eigenvalue weighted by atomic mass is 32.2. The first-order valence-corrected chi connectivity index (χ1v) is 11.7. The third-order valence-electron chi connectivity index (χ3n) is 6.05. The Morgan fingerprint density at radius 3 is 2.67 bits per heavy atom. The predicted molar refractivity (Wildman–Crippen MR) is 123 cm³/mol. The summed E-state index contributed by atoms with van der Waals surface area (Å²) in [6.45, 7) is 4.79. The van der Waals surface area contributed by atoms with Crippen molar-refractivity contribution in [2.45, 2.75) is 57.0 Å². The molecule has 0 bridgehead atoms. The molecule has 1 aliphatic carbocycles. The summed E-state index contributed by atoms with van der Waals surface area (Å²) in [5.74, 6) is 1.03. The molecule has 2 aromatic rings. The van der Waals surface area contributed by atoms with Crippen LogP contribution in [0.3, 0.4) is 0 Å². The Hall–Kier alpha value is -2.47. The molecule has 5 nitrogen and oxygen atoms in total. The van der Waals surface area contributed by atoms with E-state index in [0.29, 0.717) is 23.9 Å². The first-order valence-electron chi connectivity index (χ1n) is 10.7. The monoisotopic (exact) mass is 423 g/mol. The van der Waals surface area contributed by atoms with Crippen LogP contribution in [0.2, 0.25) is 0 Å². The van der Waals surface area contributed by atoms with Crippen LogP contribution in [0.1, 0.15) is 43.7 Å². The molecule has 1 aliphatic heterocycles. The second-order valence-corrected chi connectivity index (χ2v) is 9.42. The molecule has 1 saturated carbocycles. The first kappa shape index (κ1) is 20.8. The molecule has 4 rings (SSSR count). The zero-order valence-electron chi connectivity index (χ0n) is 17.6. The topological polar surface area (TPSA) is 61.4 Å². The fourth-order valence-electron chi connectivity index (χ4n) is 4.20. The average molecular weight is 424 g/mol. The van der Waals surface area contributed by atoms with E-state index in [-0.39, 0.29) is 18.0 Å². The summed E-state index contributed by atoms with van der Waals surface area (Å²) in [6, 6.07) is 14.1. The number of nitrogens with one attached hydrogen (secondary N) is 2. The number of benzene rings is 2. The molecule has 0 aromatic heterocycles. The molecule has 2 N–H and O–H groups in total. The van der Waals surface area contributed by atoms with Gasteiger partial charge in [-0.1, -0.05) is 49.6 Å². The molecule has 2 atom stereocenters. The molecule has 1 heterocycles. The number of rotatable bonds is 4. The fraction of sp³-hybridized carbons (Fsp3) is 0.417. The highest BCUT2D eigenvalue weighted by Gasteiger charge is 2.26. The third-order valence-corrected chi connectivity index (χ3v) is 7.10. The zero-order chi connectivity index (χ0) is 21.1. The van der Waals surface area contributed by atoms with E-state index in [0.717, 1.165) is 29.0 Å². The van der Waals surface area contributed by atoms with Gasteiger partial charge in [-0.25, -0.2) is 4.79 Å². The molecule has 0 saturated heterocycles. The first-order chi connectivity index (χ1) is 14.5. The van der Waals surface area contributed by atoms with Gasteiger partial charge in [0.1, 0.15) is 0 Å². The molecule has 0 spiro atoms. The largest absolute Gasteiger partial charge is 0.335 e. The number of nitrogens with zero attached hydrogens (tertiary/aromatic N) is 1. The normalized spacial score (nSPS) is 21.1. The second kappa shape index (κ2) is 9.13. The molecule has 3 amide bonds. The lowest BCUT2D eigenvalue weighted by Crippen LogP contribution is -2.43. The molecule has 0 unspecified atom stereocenters. The van der Waals surface area contributed by atoms with Crippen molar-refractivity contribution in [3.63, 3.8) is 0 Å². The summed E-state index contributed by atoms with van der Waals surface area (Å²) < 4.78 is 0. The summed E-state index contributed by atoms with van der Waals surface area (Å²) >= 11 is 1.55. The molecular formula is C24H29N3O2S. The summed E-state index contributed by atoms with van der Waals surface area (Å²) in [6.07, 6.45) is 4.61. The smallest absolute Gasteiger partial charge is 0.319 e. The van der Waals surface area contributed by atoms with Gasteiger partial charge in [0.05, 0.1) is 18.0 Å². The van der Waals surface area contributed by atoms with E-state index >= 15 is 0 Å². The highest BCUT2D eigenvalue weighted by molar-refractivity contribution is 8.00. The molecular weight excluding hydrogens is 394 g/mol. The second-order valence-electron chi connectivity index (χ2n) is 8.40. The van der Waals surface area contributed by atoms with Crippen LogP contribution in [0.5, 0.6) is 0 Å². The van der Waals surface area contributed by atoms with Gasteiger partial charge in [-0.05, 0) is 49.4 Å². The van der Waals surface area contributed by atoms with Crippen molar-refractivity contribution in [2.75, 3.05) is 16.0 Å². The number of thioether (sulfide) groups is 1. The van der Waals surface area contributed by atoms with Crippen molar-refractivity contribution in [2.24, 2.45) is 5.92 Å². The minimum Gasteiger partial charge on any atom is -0.335 e. The lowest BCUT2D eigenvalue weighted by atomic mass is 9.86. The predicted octanol–water partition coefficient (Wildman–Crippen LogP) is 5.33. The maximum absolute atomic E-state index is 12.7. The van der Waals surface area contributed by atoms with E-state index in [2.05, 4.69) is 48.7 Å². The molecule has 30 heavy (non-hydrogen) atoms. The van der Waals surface area contributed by atoms with Crippen LogP contribution >= 0.6 is 11.8 Å². The van der Waals surface area contributed by atoms with Crippen molar-refractivity contribution in [1.82, 2.24) is 5.32 Å². The zero-order valence-corrected chi connectivity index (χ0v) is 18.4. The van der Waals surface area contributed by atoms with E-state index in [1.165, 1.54) is 18.4 Å². The Balaban J connectivity index is 1.49. The van der Waals surface area contributed by atoms with Crippen LogP contribution in [0.15, 0.2) is 47.4 Å². The van der Waals surface area contributed by atoms with Crippen molar-refractivity contribution in [1.29, 1.82) is 0 Å². The maximum Gasteiger partial charge on any atom is 0.319 e. The molecule has 2 aliphatic rings. The Bertz CT molecular complexity index is 929. The quantitative estimate of drug-likeness (QED) is 0.698. The number of fused-ring (bicyclic) bond motifs is 1. The SMILES string of the molecule is Cc1ccc(CN2C(=O)CSc3ccc(NC(=O)N[C@H]4CCCC[C@H]4C)cc32)cc1. The van der Waals surface area contributed by atoms with Crippen LogP contribution < -0.4 is 15.5 Å². The number of hydrogen-bond acceptors (Lipinski definition) is 3. The summed E-state index contributed by atoms with van der Waals surface area (Å²) in [7, 11) is 0. The Labute approximate surface area is 182 Å². The number of urea groups is 1. The van der Waals surface area contributed by atoms with E-state index < -0.39 is 0 Å². The summed E-state index contributed by atoms with van der Waals surface area (Å²) in [5, 5.41) is 6.10. The number of carbonyl (C=O) groups is 2. The number of aryl methyl sites for hydroxylation is 1. The molecule has 0 radical (unpaired) electrons. The van der Waals surface area contributed by atoms with Gasteiger partial charge in [0.2, 0.25) is 5.91 Å². The lowest BCUT2D eigenvalue weighted by molar-refractivity contribution is -0.116. The van der Waals surface area contributed by atoms with Gasteiger partial charge in [0.15, 0.2) is 0 Å². The van der Waals surface area contributed by atoms with Crippen molar-refractivity contribution in [3.8, 4) is 0 Å². The van der Waals surface area contributed by atoms with Gasteiger partial charge in [-0.2, -0.15) is 0 Å². The van der Waals surface area contributed by atoms with E-state index in [9.17, 15) is 9.59 Å². The van der Waals surface area contributed by atoms with Crippen molar-refractivity contribution < 1.29 is 9.59 Å². The van der Waals surface area contributed by atoms with Crippen LogP contribution in [-0.4, -0.2) is 23.7 Å². The van der Waals surface area contributed by atoms with Crippen LogP contribution in [0.25, 0.3) is 0 Å².